The molecule has 20 heavy (non-hydrogen) atoms. The molecule has 1 saturated heterocycles. The molecule has 0 spiro atoms. The molecule has 1 aliphatic rings. The number of nitrogens with one attached hydrogen (secondary N) is 1. The normalized spacial score (nSPS) is 22.9. The summed E-state index contributed by atoms with van der Waals surface area (Å²) in [5.41, 5.74) is 0.386. The smallest absolute Gasteiger partial charge is 0.128 e. The number of halogens is 2. The largest absolute Gasteiger partial charge is 0.308 e. The SMILES string of the molecule is CC(NCC1CN(C)CCN1C)c1cc(F)ccc1F. The minimum absolute atomic E-state index is 0.202. The van der Waals surface area contributed by atoms with Gasteiger partial charge in [-0.3, -0.25) is 4.90 Å². The molecule has 0 radical (unpaired) electrons. The second kappa shape index (κ2) is 6.61. The number of hydrogen-bond acceptors (Lipinski definition) is 3. The number of rotatable bonds is 4. The quantitative estimate of drug-likeness (QED) is 0.910. The molecule has 5 heteroatoms. The van der Waals surface area contributed by atoms with E-state index in [1.807, 2.05) is 6.92 Å². The van der Waals surface area contributed by atoms with Crippen LogP contribution in [0.15, 0.2) is 18.2 Å². The van der Waals surface area contributed by atoms with Gasteiger partial charge in [0.2, 0.25) is 0 Å². The zero-order valence-corrected chi connectivity index (χ0v) is 12.4. The van der Waals surface area contributed by atoms with Gasteiger partial charge in [-0.2, -0.15) is 0 Å². The standard InChI is InChI=1S/C15H23F2N3/c1-11(14-8-12(16)4-5-15(14)17)18-9-13-10-19(2)6-7-20(13)3/h4-5,8,11,13,18H,6-7,9-10H2,1-3H3. The molecular weight excluding hydrogens is 260 g/mol. The van der Waals surface area contributed by atoms with Crippen LogP contribution in [-0.2, 0) is 0 Å². The third kappa shape index (κ3) is 3.75. The minimum atomic E-state index is -0.399. The first-order valence-electron chi connectivity index (χ1n) is 7.04. The van der Waals surface area contributed by atoms with Crippen molar-refractivity contribution < 1.29 is 8.78 Å². The summed E-state index contributed by atoms with van der Waals surface area (Å²) in [7, 11) is 4.21. The van der Waals surface area contributed by atoms with E-state index in [1.54, 1.807) is 0 Å². The van der Waals surface area contributed by atoms with Gasteiger partial charge in [-0.15, -0.1) is 0 Å². The van der Waals surface area contributed by atoms with Gasteiger partial charge < -0.3 is 10.2 Å². The van der Waals surface area contributed by atoms with Crippen LogP contribution in [0.1, 0.15) is 18.5 Å². The molecule has 1 fully saturated rings. The maximum atomic E-state index is 13.7. The van der Waals surface area contributed by atoms with E-state index in [2.05, 4.69) is 29.2 Å². The predicted molar refractivity (Wildman–Crippen MR) is 76.7 cm³/mol. The second-order valence-corrected chi connectivity index (χ2v) is 5.69. The van der Waals surface area contributed by atoms with Crippen LogP contribution in [0.4, 0.5) is 8.78 Å². The van der Waals surface area contributed by atoms with E-state index in [1.165, 1.54) is 12.1 Å². The number of benzene rings is 1. The Bertz CT molecular complexity index is 453. The minimum Gasteiger partial charge on any atom is -0.308 e. The van der Waals surface area contributed by atoms with Crippen molar-refractivity contribution in [3.05, 3.63) is 35.4 Å². The van der Waals surface area contributed by atoms with E-state index in [-0.39, 0.29) is 11.9 Å². The van der Waals surface area contributed by atoms with Gasteiger partial charge in [-0.1, -0.05) is 0 Å². The summed E-state index contributed by atoms with van der Waals surface area (Å²) in [6.45, 7) is 5.72. The highest BCUT2D eigenvalue weighted by molar-refractivity contribution is 5.21. The second-order valence-electron chi connectivity index (χ2n) is 5.69. The van der Waals surface area contributed by atoms with E-state index < -0.39 is 5.82 Å². The Labute approximate surface area is 119 Å². The highest BCUT2D eigenvalue weighted by Gasteiger charge is 2.22. The van der Waals surface area contributed by atoms with Crippen LogP contribution in [-0.4, -0.2) is 56.1 Å². The summed E-state index contributed by atoms with van der Waals surface area (Å²) in [5.74, 6) is -0.759. The van der Waals surface area contributed by atoms with E-state index in [0.717, 1.165) is 32.2 Å². The van der Waals surface area contributed by atoms with Crippen LogP contribution < -0.4 is 5.32 Å². The monoisotopic (exact) mass is 283 g/mol. The van der Waals surface area contributed by atoms with Crippen molar-refractivity contribution in [3.63, 3.8) is 0 Å². The molecule has 1 aromatic carbocycles. The van der Waals surface area contributed by atoms with Crippen molar-refractivity contribution in [1.29, 1.82) is 0 Å². The third-order valence-corrected chi connectivity index (χ3v) is 4.06. The molecule has 1 aliphatic heterocycles. The summed E-state index contributed by atoms with van der Waals surface area (Å²) in [4.78, 5) is 4.60. The molecule has 0 saturated carbocycles. The lowest BCUT2D eigenvalue weighted by Gasteiger charge is -2.38. The van der Waals surface area contributed by atoms with Gasteiger partial charge in [0.05, 0.1) is 0 Å². The van der Waals surface area contributed by atoms with Crippen molar-refractivity contribution in [1.82, 2.24) is 15.1 Å². The van der Waals surface area contributed by atoms with Crippen LogP contribution in [0.2, 0.25) is 0 Å². The summed E-state index contributed by atoms with van der Waals surface area (Å²) in [6, 6.07) is 3.79. The van der Waals surface area contributed by atoms with Crippen LogP contribution in [0.5, 0.6) is 0 Å². The highest BCUT2D eigenvalue weighted by Crippen LogP contribution is 2.18. The van der Waals surface area contributed by atoms with E-state index in [4.69, 9.17) is 0 Å². The van der Waals surface area contributed by atoms with Crippen LogP contribution in [0.25, 0.3) is 0 Å². The van der Waals surface area contributed by atoms with Gasteiger partial charge in [0, 0.05) is 43.8 Å². The predicted octanol–water partition coefficient (Wildman–Crippen LogP) is 1.86. The van der Waals surface area contributed by atoms with Gasteiger partial charge in [-0.05, 0) is 39.2 Å². The Kier molecular flexibility index (Phi) is 5.07. The lowest BCUT2D eigenvalue weighted by molar-refractivity contribution is 0.111. The zero-order valence-electron chi connectivity index (χ0n) is 12.4. The van der Waals surface area contributed by atoms with Crippen molar-refractivity contribution in [2.45, 2.75) is 19.0 Å². The highest BCUT2D eigenvalue weighted by atomic mass is 19.1. The molecule has 2 rings (SSSR count). The van der Waals surface area contributed by atoms with Gasteiger partial charge >= 0.3 is 0 Å². The summed E-state index contributed by atoms with van der Waals surface area (Å²) >= 11 is 0. The molecule has 0 aliphatic carbocycles. The Hall–Kier alpha value is -1.04. The van der Waals surface area contributed by atoms with Crippen LogP contribution in [0, 0.1) is 11.6 Å². The third-order valence-electron chi connectivity index (χ3n) is 4.06. The first kappa shape index (κ1) is 15.4. The molecule has 0 amide bonds. The van der Waals surface area contributed by atoms with E-state index in [9.17, 15) is 8.78 Å². The molecule has 1 aromatic rings. The van der Waals surface area contributed by atoms with Gasteiger partial charge in [0.25, 0.3) is 0 Å². The van der Waals surface area contributed by atoms with Gasteiger partial charge in [0.1, 0.15) is 11.6 Å². The average Bonchev–Trinajstić information content (AvgIpc) is 2.42. The lowest BCUT2D eigenvalue weighted by Crippen LogP contribution is -2.53. The Morgan fingerprint density at radius 2 is 2.05 bits per heavy atom. The molecule has 0 aromatic heterocycles. The molecule has 0 bridgehead atoms. The molecule has 1 N–H and O–H groups in total. The molecule has 2 atom stereocenters. The fraction of sp³-hybridized carbons (Fsp3) is 0.600. The zero-order chi connectivity index (χ0) is 14.7. The first-order valence-corrected chi connectivity index (χ1v) is 7.04. The Morgan fingerprint density at radius 1 is 1.30 bits per heavy atom. The summed E-state index contributed by atoms with van der Waals surface area (Å²) in [6.07, 6.45) is 0. The number of likely N-dealkylation sites (N-methyl/N-ethyl adjacent to an activating group) is 2. The Morgan fingerprint density at radius 3 is 2.80 bits per heavy atom. The fourth-order valence-corrected chi connectivity index (χ4v) is 2.59. The van der Waals surface area contributed by atoms with Crippen LogP contribution >= 0.6 is 0 Å². The van der Waals surface area contributed by atoms with Crippen molar-refractivity contribution in [2.24, 2.45) is 0 Å². The van der Waals surface area contributed by atoms with Crippen molar-refractivity contribution >= 4 is 0 Å². The van der Waals surface area contributed by atoms with Crippen molar-refractivity contribution in [2.75, 3.05) is 40.3 Å². The first-order chi connectivity index (χ1) is 9.47. The van der Waals surface area contributed by atoms with E-state index in [0.29, 0.717) is 11.6 Å². The average molecular weight is 283 g/mol. The maximum Gasteiger partial charge on any atom is 0.128 e. The van der Waals surface area contributed by atoms with Gasteiger partial charge in [0.15, 0.2) is 0 Å². The fourth-order valence-electron chi connectivity index (χ4n) is 2.59. The summed E-state index contributed by atoms with van der Waals surface area (Å²) in [5, 5.41) is 3.31. The van der Waals surface area contributed by atoms with Gasteiger partial charge in [-0.25, -0.2) is 8.78 Å². The van der Waals surface area contributed by atoms with Crippen molar-refractivity contribution in [3.8, 4) is 0 Å². The molecule has 112 valence electrons. The molecular formula is C15H23F2N3. The summed E-state index contributed by atoms with van der Waals surface area (Å²) < 4.78 is 26.9. The lowest BCUT2D eigenvalue weighted by atomic mass is 10.1. The molecule has 1 heterocycles. The maximum absolute atomic E-state index is 13.7. The molecule has 2 unspecified atom stereocenters. The number of piperazine rings is 1. The van der Waals surface area contributed by atoms with E-state index >= 15 is 0 Å². The van der Waals surface area contributed by atoms with Crippen LogP contribution in [0.3, 0.4) is 0 Å². The topological polar surface area (TPSA) is 18.5 Å². The molecule has 3 nitrogen and oxygen atoms in total. The number of nitrogens with zero attached hydrogens (tertiary/aromatic N) is 2. The Balaban J connectivity index is 1.94. The number of hydrogen-bond donors (Lipinski definition) is 1.